The third-order valence-corrected chi connectivity index (χ3v) is 3.70. The molecule has 0 bridgehead atoms. The van der Waals surface area contributed by atoms with Crippen LogP contribution < -0.4 is 23.2 Å². The van der Waals surface area contributed by atoms with Gasteiger partial charge in [-0.05, 0) is 19.4 Å². The molecule has 0 spiro atoms. The van der Waals surface area contributed by atoms with E-state index in [0.29, 0.717) is 13.2 Å². The van der Waals surface area contributed by atoms with Gasteiger partial charge in [0.25, 0.3) is 0 Å². The molecule has 2 aliphatic rings. The van der Waals surface area contributed by atoms with E-state index in [1.165, 1.54) is 0 Å². The number of aromatic nitrogens is 1. The molecule has 7 nitrogen and oxygen atoms in total. The summed E-state index contributed by atoms with van der Waals surface area (Å²) in [5.74, 6) is 0. The van der Waals surface area contributed by atoms with Gasteiger partial charge in [-0.3, -0.25) is 0 Å². The number of ether oxygens (including phenoxy) is 2. The number of nitrogens with zero attached hydrogens (tertiary/aromatic N) is 1. The summed E-state index contributed by atoms with van der Waals surface area (Å²) in [6, 6.07) is 6.18. The Hall–Kier alpha value is -1.32. The molecule has 0 saturated carbocycles. The molecule has 1 atom stereocenters. The summed E-state index contributed by atoms with van der Waals surface area (Å²) in [4.78, 5) is 0. The molecule has 0 aromatic carbocycles. The highest BCUT2D eigenvalue weighted by atomic mass is 35.7. The summed E-state index contributed by atoms with van der Waals surface area (Å²) in [6.45, 7) is 4.58. The van der Waals surface area contributed by atoms with Gasteiger partial charge in [-0.25, -0.2) is 18.6 Å². The van der Waals surface area contributed by atoms with Gasteiger partial charge in [-0.1, -0.05) is 24.3 Å². The second-order valence-electron chi connectivity index (χ2n) is 5.85. The standard InChI is InChI=1S/C16H20NO2.ClHO4/c1-16(8-4-2-5-9-16)13-17-10-6-3-7-14(17)15-18-11-12-19-15;2-1(3,4)5/h2-8,10,15H,9,11-13H2,1H3;(H,2,3,4,5)/q+1;/p-1. The fourth-order valence-corrected chi connectivity index (χ4v) is 2.65. The van der Waals surface area contributed by atoms with E-state index < -0.39 is 10.2 Å². The van der Waals surface area contributed by atoms with Crippen LogP contribution in [0.4, 0.5) is 0 Å². The summed E-state index contributed by atoms with van der Waals surface area (Å²) >= 11 is 0. The lowest BCUT2D eigenvalue weighted by atomic mass is 9.83. The van der Waals surface area contributed by atoms with E-state index >= 15 is 0 Å². The maximum Gasteiger partial charge on any atom is 0.245 e. The molecule has 0 radical (unpaired) electrons. The topological polar surface area (TPSA) is 115 Å². The smallest absolute Gasteiger partial charge is 0.245 e. The monoisotopic (exact) mass is 357 g/mol. The van der Waals surface area contributed by atoms with Gasteiger partial charge < -0.3 is 9.47 Å². The highest BCUT2D eigenvalue weighted by Gasteiger charge is 2.32. The first kappa shape index (κ1) is 19.0. The molecule has 1 unspecified atom stereocenters. The zero-order chi connectivity index (χ0) is 17.6. The number of pyridine rings is 1. The van der Waals surface area contributed by atoms with Gasteiger partial charge in [0.1, 0.15) is 0 Å². The molecule has 24 heavy (non-hydrogen) atoms. The predicted molar refractivity (Wildman–Crippen MR) is 72.3 cm³/mol. The van der Waals surface area contributed by atoms with Gasteiger partial charge in [0.05, 0.1) is 13.2 Å². The normalized spacial score (nSPS) is 23.9. The van der Waals surface area contributed by atoms with Gasteiger partial charge in [0.2, 0.25) is 12.0 Å². The fraction of sp³-hybridized carbons (Fsp3) is 0.438. The Labute approximate surface area is 142 Å². The lowest BCUT2D eigenvalue weighted by molar-refractivity contribution is -2.00. The Bertz CT molecular complexity index is 588. The van der Waals surface area contributed by atoms with Gasteiger partial charge in [-0.15, -0.1) is 10.2 Å². The third-order valence-electron chi connectivity index (χ3n) is 3.70. The zero-order valence-corrected chi connectivity index (χ0v) is 14.1. The van der Waals surface area contributed by atoms with E-state index in [1.807, 2.05) is 6.07 Å². The van der Waals surface area contributed by atoms with Crippen LogP contribution in [0.2, 0.25) is 0 Å². The SMILES string of the molecule is CC1(C[n+]2ccccc2C2OCCO2)C=CC=CC1.[O-][Cl+3]([O-])([O-])[O-]. The van der Waals surface area contributed by atoms with Crippen molar-refractivity contribution in [3.8, 4) is 0 Å². The Morgan fingerprint density at radius 1 is 1.17 bits per heavy atom. The number of halogens is 1. The number of hydrogen-bond acceptors (Lipinski definition) is 6. The molecule has 1 aliphatic heterocycles. The first-order valence-corrected chi connectivity index (χ1v) is 8.68. The van der Waals surface area contributed by atoms with Crippen molar-refractivity contribution in [3.05, 3.63) is 54.4 Å². The first-order chi connectivity index (χ1) is 11.3. The quantitative estimate of drug-likeness (QED) is 0.566. The molecule has 132 valence electrons. The summed E-state index contributed by atoms with van der Waals surface area (Å²) in [7, 11) is -4.94. The van der Waals surface area contributed by atoms with Crippen LogP contribution in [0.1, 0.15) is 25.3 Å². The molecule has 3 rings (SSSR count). The van der Waals surface area contributed by atoms with Crippen LogP contribution in [0.15, 0.2) is 48.7 Å². The van der Waals surface area contributed by atoms with Crippen LogP contribution in [-0.4, -0.2) is 13.2 Å². The lowest BCUT2D eigenvalue weighted by Gasteiger charge is -2.24. The van der Waals surface area contributed by atoms with E-state index in [0.717, 1.165) is 18.7 Å². The summed E-state index contributed by atoms with van der Waals surface area (Å²) in [5.41, 5.74) is 1.26. The minimum atomic E-state index is -4.94. The average Bonchev–Trinajstić information content (AvgIpc) is 3.00. The molecule has 1 saturated heterocycles. The maximum atomic E-state index is 8.49. The molecule has 1 aromatic heterocycles. The number of hydrogen-bond donors (Lipinski definition) is 0. The third kappa shape index (κ3) is 6.29. The van der Waals surface area contributed by atoms with E-state index in [-0.39, 0.29) is 11.7 Å². The summed E-state index contributed by atoms with van der Waals surface area (Å²) in [5, 5.41) is 0. The maximum absolute atomic E-state index is 8.49. The molecule has 1 fully saturated rings. The molecule has 0 N–H and O–H groups in total. The van der Waals surface area contributed by atoms with Crippen molar-refractivity contribution in [1.82, 2.24) is 0 Å². The van der Waals surface area contributed by atoms with Crippen molar-refractivity contribution in [2.75, 3.05) is 13.2 Å². The van der Waals surface area contributed by atoms with Crippen molar-refractivity contribution in [2.45, 2.75) is 26.2 Å². The summed E-state index contributed by atoms with van der Waals surface area (Å²) < 4.78 is 47.5. The van der Waals surface area contributed by atoms with Crippen molar-refractivity contribution in [2.24, 2.45) is 5.41 Å². The van der Waals surface area contributed by atoms with Crippen LogP contribution in [0.5, 0.6) is 0 Å². The fourth-order valence-electron chi connectivity index (χ4n) is 2.65. The van der Waals surface area contributed by atoms with Crippen molar-refractivity contribution < 1.29 is 42.9 Å². The number of rotatable bonds is 3. The second-order valence-corrected chi connectivity index (χ2v) is 6.61. The van der Waals surface area contributed by atoms with Crippen LogP contribution in [-0.2, 0) is 16.0 Å². The van der Waals surface area contributed by atoms with E-state index in [2.05, 4.69) is 54.1 Å². The average molecular weight is 358 g/mol. The Balaban J connectivity index is 0.000000368. The van der Waals surface area contributed by atoms with Crippen LogP contribution in [0.3, 0.4) is 0 Å². The predicted octanol–water partition coefficient (Wildman–Crippen LogP) is -2.21. The van der Waals surface area contributed by atoms with Gasteiger partial charge in [-0.2, -0.15) is 4.57 Å². The van der Waals surface area contributed by atoms with Crippen LogP contribution in [0.25, 0.3) is 0 Å². The highest BCUT2D eigenvalue weighted by molar-refractivity contribution is 5.14. The van der Waals surface area contributed by atoms with E-state index in [4.69, 9.17) is 28.1 Å². The molecule has 2 heterocycles. The molecule has 1 aliphatic carbocycles. The molecular formula is C16H20ClNO6. The van der Waals surface area contributed by atoms with Gasteiger partial charge in [0, 0.05) is 17.5 Å². The van der Waals surface area contributed by atoms with Crippen LogP contribution in [0, 0.1) is 15.7 Å². The largest absolute Gasteiger partial charge is 0.341 e. The zero-order valence-electron chi connectivity index (χ0n) is 13.3. The first-order valence-electron chi connectivity index (χ1n) is 7.45. The minimum Gasteiger partial charge on any atom is -0.341 e. The van der Waals surface area contributed by atoms with Crippen molar-refractivity contribution in [1.29, 1.82) is 0 Å². The van der Waals surface area contributed by atoms with Crippen molar-refractivity contribution in [3.63, 3.8) is 0 Å². The van der Waals surface area contributed by atoms with Gasteiger partial charge in [0.15, 0.2) is 12.7 Å². The molecular weight excluding hydrogens is 338 g/mol. The minimum absolute atomic E-state index is 0.161. The van der Waals surface area contributed by atoms with Crippen LogP contribution >= 0.6 is 0 Å². The summed E-state index contributed by atoms with van der Waals surface area (Å²) in [6.07, 6.45) is 11.7. The lowest BCUT2D eigenvalue weighted by Crippen LogP contribution is -2.68. The molecule has 0 amide bonds. The second kappa shape index (κ2) is 8.17. The van der Waals surface area contributed by atoms with Crippen molar-refractivity contribution >= 4 is 0 Å². The number of allylic oxidation sites excluding steroid dienone is 4. The van der Waals surface area contributed by atoms with E-state index in [1.54, 1.807) is 0 Å². The molecule has 8 heteroatoms. The highest BCUT2D eigenvalue weighted by Crippen LogP contribution is 2.28. The Kier molecular flexibility index (Phi) is 6.47. The molecule has 1 aromatic rings. The van der Waals surface area contributed by atoms with E-state index in [9.17, 15) is 0 Å². The van der Waals surface area contributed by atoms with Gasteiger partial charge >= 0.3 is 0 Å². The Morgan fingerprint density at radius 2 is 1.83 bits per heavy atom. The Morgan fingerprint density at radius 3 is 2.42 bits per heavy atom.